The highest BCUT2D eigenvalue weighted by Crippen LogP contribution is 2.24. The minimum Gasteiger partial charge on any atom is -0.489 e. The zero-order chi connectivity index (χ0) is 13.9. The molecule has 0 aliphatic carbocycles. The second-order valence-electron chi connectivity index (χ2n) is 4.46. The quantitative estimate of drug-likeness (QED) is 0.555. The SMILES string of the molecule is Nc1ccc(COc2cccc(I)c2)c2ncccc12. The second-order valence-corrected chi connectivity index (χ2v) is 5.71. The molecular weight excluding hydrogens is 363 g/mol. The molecule has 0 spiro atoms. The lowest BCUT2D eigenvalue weighted by Crippen LogP contribution is -1.99. The normalized spacial score (nSPS) is 10.7. The number of nitrogens with zero attached hydrogens (tertiary/aromatic N) is 1. The summed E-state index contributed by atoms with van der Waals surface area (Å²) in [5.74, 6) is 0.859. The average Bonchev–Trinajstić information content (AvgIpc) is 2.47. The van der Waals surface area contributed by atoms with Crippen molar-refractivity contribution in [3.8, 4) is 5.75 Å². The molecule has 0 radical (unpaired) electrons. The highest BCUT2D eigenvalue weighted by molar-refractivity contribution is 14.1. The van der Waals surface area contributed by atoms with Crippen molar-refractivity contribution in [3.05, 3.63) is 63.9 Å². The third-order valence-electron chi connectivity index (χ3n) is 3.08. The standard InChI is InChI=1S/C16H13IN2O/c17-12-3-1-4-13(9-12)20-10-11-6-7-15(18)14-5-2-8-19-16(11)14/h1-9H,10,18H2. The molecule has 2 aromatic carbocycles. The van der Waals surface area contributed by atoms with Crippen LogP contribution in [0, 0.1) is 3.57 Å². The molecule has 3 aromatic rings. The van der Waals surface area contributed by atoms with Crippen molar-refractivity contribution in [2.45, 2.75) is 6.61 Å². The Hall–Kier alpha value is -1.82. The Labute approximate surface area is 130 Å². The molecule has 0 aliphatic heterocycles. The van der Waals surface area contributed by atoms with Gasteiger partial charge in [0, 0.05) is 26.4 Å². The van der Waals surface area contributed by atoms with E-state index < -0.39 is 0 Å². The van der Waals surface area contributed by atoms with Crippen molar-refractivity contribution in [1.82, 2.24) is 4.98 Å². The van der Waals surface area contributed by atoms with Gasteiger partial charge in [0.1, 0.15) is 12.4 Å². The minimum absolute atomic E-state index is 0.480. The van der Waals surface area contributed by atoms with Crippen LogP contribution in [0.15, 0.2) is 54.7 Å². The van der Waals surface area contributed by atoms with E-state index in [1.807, 2.05) is 48.5 Å². The second kappa shape index (κ2) is 5.66. The largest absolute Gasteiger partial charge is 0.489 e. The number of fused-ring (bicyclic) bond motifs is 1. The summed E-state index contributed by atoms with van der Waals surface area (Å²) >= 11 is 2.27. The summed E-state index contributed by atoms with van der Waals surface area (Å²) in [7, 11) is 0. The number of benzene rings is 2. The summed E-state index contributed by atoms with van der Waals surface area (Å²) < 4.78 is 6.99. The first kappa shape index (κ1) is 13.2. The first-order valence-electron chi connectivity index (χ1n) is 6.24. The van der Waals surface area contributed by atoms with Crippen LogP contribution in [-0.2, 0) is 6.61 Å². The fraction of sp³-hybridized carbons (Fsp3) is 0.0625. The highest BCUT2D eigenvalue weighted by atomic mass is 127. The third kappa shape index (κ3) is 2.70. The van der Waals surface area contributed by atoms with E-state index >= 15 is 0 Å². The molecule has 3 rings (SSSR count). The number of hydrogen-bond donors (Lipinski definition) is 1. The molecule has 0 atom stereocenters. The minimum atomic E-state index is 0.480. The van der Waals surface area contributed by atoms with Gasteiger partial charge in [0.05, 0.1) is 5.52 Å². The molecule has 4 heteroatoms. The summed E-state index contributed by atoms with van der Waals surface area (Å²) in [6.45, 7) is 0.480. The topological polar surface area (TPSA) is 48.1 Å². The number of halogens is 1. The molecule has 1 heterocycles. The van der Waals surface area contributed by atoms with Crippen molar-refractivity contribution in [3.63, 3.8) is 0 Å². The van der Waals surface area contributed by atoms with Gasteiger partial charge in [0.15, 0.2) is 0 Å². The van der Waals surface area contributed by atoms with Crippen LogP contribution in [0.3, 0.4) is 0 Å². The Balaban J connectivity index is 1.90. The van der Waals surface area contributed by atoms with E-state index in [4.69, 9.17) is 10.5 Å². The predicted octanol–water partition coefficient (Wildman–Crippen LogP) is 4.00. The van der Waals surface area contributed by atoms with E-state index in [1.165, 1.54) is 0 Å². The monoisotopic (exact) mass is 376 g/mol. The van der Waals surface area contributed by atoms with E-state index in [2.05, 4.69) is 27.6 Å². The molecule has 0 fully saturated rings. The number of nitrogens with two attached hydrogens (primary N) is 1. The maximum atomic E-state index is 5.97. The molecule has 1 aromatic heterocycles. The van der Waals surface area contributed by atoms with Gasteiger partial charge in [-0.1, -0.05) is 12.1 Å². The number of nitrogen functional groups attached to an aromatic ring is 1. The van der Waals surface area contributed by atoms with Crippen molar-refractivity contribution in [1.29, 1.82) is 0 Å². The van der Waals surface area contributed by atoms with Gasteiger partial charge in [-0.15, -0.1) is 0 Å². The number of anilines is 1. The Morgan fingerprint density at radius 3 is 2.85 bits per heavy atom. The van der Waals surface area contributed by atoms with Gasteiger partial charge in [-0.3, -0.25) is 4.98 Å². The van der Waals surface area contributed by atoms with Gasteiger partial charge in [0.2, 0.25) is 0 Å². The number of aromatic nitrogens is 1. The molecule has 2 N–H and O–H groups in total. The van der Waals surface area contributed by atoms with Crippen molar-refractivity contribution in [2.24, 2.45) is 0 Å². The van der Waals surface area contributed by atoms with Gasteiger partial charge in [-0.05, 0) is 59.0 Å². The number of rotatable bonds is 3. The van der Waals surface area contributed by atoms with Crippen molar-refractivity contribution in [2.75, 3.05) is 5.73 Å². The van der Waals surface area contributed by atoms with E-state index in [1.54, 1.807) is 6.20 Å². The lowest BCUT2D eigenvalue weighted by molar-refractivity contribution is 0.307. The Kier molecular flexibility index (Phi) is 3.73. The van der Waals surface area contributed by atoms with Gasteiger partial charge in [0.25, 0.3) is 0 Å². The maximum absolute atomic E-state index is 5.97. The zero-order valence-corrected chi connectivity index (χ0v) is 12.9. The van der Waals surface area contributed by atoms with E-state index in [-0.39, 0.29) is 0 Å². The van der Waals surface area contributed by atoms with Crippen LogP contribution in [0.4, 0.5) is 5.69 Å². The summed E-state index contributed by atoms with van der Waals surface area (Å²) in [5, 5.41) is 0.969. The maximum Gasteiger partial charge on any atom is 0.120 e. The lowest BCUT2D eigenvalue weighted by Gasteiger charge is -2.10. The molecule has 3 nitrogen and oxygen atoms in total. The van der Waals surface area contributed by atoms with Crippen LogP contribution in [0.1, 0.15) is 5.56 Å². The van der Waals surface area contributed by atoms with Crippen LogP contribution in [-0.4, -0.2) is 4.98 Å². The molecule has 20 heavy (non-hydrogen) atoms. The average molecular weight is 376 g/mol. The van der Waals surface area contributed by atoms with E-state index in [0.717, 1.165) is 31.5 Å². The third-order valence-corrected chi connectivity index (χ3v) is 3.75. The van der Waals surface area contributed by atoms with Gasteiger partial charge in [-0.2, -0.15) is 0 Å². The van der Waals surface area contributed by atoms with Gasteiger partial charge < -0.3 is 10.5 Å². The smallest absolute Gasteiger partial charge is 0.120 e. The lowest BCUT2D eigenvalue weighted by atomic mass is 10.1. The first-order valence-corrected chi connectivity index (χ1v) is 7.32. The number of pyridine rings is 1. The summed E-state index contributed by atoms with van der Waals surface area (Å²) in [6, 6.07) is 15.7. The number of hydrogen-bond acceptors (Lipinski definition) is 3. The van der Waals surface area contributed by atoms with Gasteiger partial charge >= 0.3 is 0 Å². The molecule has 0 saturated heterocycles. The van der Waals surface area contributed by atoms with Crippen molar-refractivity contribution >= 4 is 39.2 Å². The van der Waals surface area contributed by atoms with Crippen LogP contribution < -0.4 is 10.5 Å². The molecule has 0 saturated carbocycles. The molecular formula is C16H13IN2O. The van der Waals surface area contributed by atoms with Gasteiger partial charge in [-0.25, -0.2) is 0 Å². The van der Waals surface area contributed by atoms with E-state index in [9.17, 15) is 0 Å². The van der Waals surface area contributed by atoms with Crippen LogP contribution >= 0.6 is 22.6 Å². The van der Waals surface area contributed by atoms with Crippen molar-refractivity contribution < 1.29 is 4.74 Å². The summed E-state index contributed by atoms with van der Waals surface area (Å²) in [5.41, 5.74) is 8.65. The molecule has 0 unspecified atom stereocenters. The fourth-order valence-corrected chi connectivity index (χ4v) is 2.60. The first-order chi connectivity index (χ1) is 9.74. The molecule has 0 bridgehead atoms. The number of ether oxygens (including phenoxy) is 1. The Bertz CT molecular complexity index is 758. The zero-order valence-electron chi connectivity index (χ0n) is 10.7. The predicted molar refractivity (Wildman–Crippen MR) is 89.6 cm³/mol. The highest BCUT2D eigenvalue weighted by Gasteiger charge is 2.06. The fourth-order valence-electron chi connectivity index (χ4n) is 2.09. The van der Waals surface area contributed by atoms with Crippen LogP contribution in [0.5, 0.6) is 5.75 Å². The Morgan fingerprint density at radius 2 is 2.00 bits per heavy atom. The Morgan fingerprint density at radius 1 is 1.10 bits per heavy atom. The molecule has 100 valence electrons. The molecule has 0 amide bonds. The van der Waals surface area contributed by atoms with Crippen LogP contribution in [0.25, 0.3) is 10.9 Å². The summed E-state index contributed by atoms with van der Waals surface area (Å²) in [4.78, 5) is 4.41. The molecule has 0 aliphatic rings. The summed E-state index contributed by atoms with van der Waals surface area (Å²) in [6.07, 6.45) is 1.77. The van der Waals surface area contributed by atoms with E-state index in [0.29, 0.717) is 6.61 Å². The van der Waals surface area contributed by atoms with Crippen LogP contribution in [0.2, 0.25) is 0 Å².